The number of hydrogen-bond donors (Lipinski definition) is 2. The Morgan fingerprint density at radius 2 is 1.80 bits per heavy atom. The van der Waals surface area contributed by atoms with E-state index in [0.29, 0.717) is 44.6 Å². The number of rotatable bonds is 3. The van der Waals surface area contributed by atoms with Crippen molar-refractivity contribution < 1.29 is 14.7 Å². The largest absolute Gasteiger partial charge is 0.380 e. The number of imidazole rings is 1. The molecule has 2 amide bonds. The van der Waals surface area contributed by atoms with Crippen LogP contribution >= 0.6 is 0 Å². The van der Waals surface area contributed by atoms with Crippen LogP contribution in [0, 0.1) is 6.92 Å². The minimum Gasteiger partial charge on any atom is -0.380 e. The van der Waals surface area contributed by atoms with Crippen molar-refractivity contribution in [3.63, 3.8) is 0 Å². The number of H-pyrrole nitrogens is 1. The van der Waals surface area contributed by atoms with Crippen molar-refractivity contribution in [3.8, 4) is 11.1 Å². The third kappa shape index (κ3) is 3.15. The quantitative estimate of drug-likeness (QED) is 0.701. The number of nitrogens with one attached hydrogen (secondary N) is 1. The van der Waals surface area contributed by atoms with Gasteiger partial charge in [-0.3, -0.25) is 9.59 Å². The Hall–Kier alpha value is -3.19. The predicted molar refractivity (Wildman–Crippen MR) is 113 cm³/mol. The molecule has 5 rings (SSSR count). The summed E-state index contributed by atoms with van der Waals surface area (Å²) in [5.41, 5.74) is 4.39. The van der Waals surface area contributed by atoms with E-state index in [1.165, 1.54) is 0 Å². The van der Waals surface area contributed by atoms with Gasteiger partial charge in [0, 0.05) is 37.3 Å². The topological polar surface area (TPSA) is 89.5 Å². The summed E-state index contributed by atoms with van der Waals surface area (Å²) in [4.78, 5) is 36.4. The zero-order chi connectivity index (χ0) is 20.9. The molecule has 1 aliphatic carbocycles. The average molecular weight is 404 g/mol. The lowest BCUT2D eigenvalue weighted by Gasteiger charge is -2.36. The summed E-state index contributed by atoms with van der Waals surface area (Å²) in [6, 6.07) is 11.9. The van der Waals surface area contributed by atoms with E-state index in [1.807, 2.05) is 43.3 Å². The van der Waals surface area contributed by atoms with E-state index in [-0.39, 0.29) is 11.8 Å². The van der Waals surface area contributed by atoms with Crippen molar-refractivity contribution in [2.75, 3.05) is 26.2 Å². The summed E-state index contributed by atoms with van der Waals surface area (Å²) in [5.74, 6) is -0.211. The molecule has 154 valence electrons. The lowest BCUT2D eigenvalue weighted by atomic mass is 9.98. The van der Waals surface area contributed by atoms with Gasteiger partial charge < -0.3 is 19.9 Å². The number of fused-ring (bicyclic) bond motifs is 1. The Kier molecular flexibility index (Phi) is 4.36. The van der Waals surface area contributed by atoms with E-state index in [2.05, 4.69) is 9.97 Å². The van der Waals surface area contributed by atoms with Crippen LogP contribution in [0.15, 0.2) is 42.7 Å². The molecule has 30 heavy (non-hydrogen) atoms. The van der Waals surface area contributed by atoms with Crippen molar-refractivity contribution in [2.24, 2.45) is 0 Å². The highest BCUT2D eigenvalue weighted by atomic mass is 16.3. The van der Waals surface area contributed by atoms with Crippen LogP contribution in [-0.4, -0.2) is 68.5 Å². The highest BCUT2D eigenvalue weighted by Crippen LogP contribution is 2.37. The maximum absolute atomic E-state index is 13.1. The lowest BCUT2D eigenvalue weighted by molar-refractivity contribution is -0.143. The molecule has 0 radical (unpaired) electrons. The van der Waals surface area contributed by atoms with Crippen LogP contribution in [0.4, 0.5) is 0 Å². The molecule has 2 N–H and O–H groups in total. The van der Waals surface area contributed by atoms with Crippen LogP contribution < -0.4 is 0 Å². The Morgan fingerprint density at radius 3 is 2.50 bits per heavy atom. The molecule has 0 unspecified atom stereocenters. The number of amides is 2. The van der Waals surface area contributed by atoms with Gasteiger partial charge in [-0.2, -0.15) is 0 Å². The number of carbonyl (C=O) groups is 2. The summed E-state index contributed by atoms with van der Waals surface area (Å²) < 4.78 is 0. The third-order valence-corrected chi connectivity index (χ3v) is 6.19. The fourth-order valence-corrected chi connectivity index (χ4v) is 4.18. The van der Waals surface area contributed by atoms with E-state index in [4.69, 9.17) is 0 Å². The van der Waals surface area contributed by atoms with Gasteiger partial charge in [-0.15, -0.1) is 0 Å². The number of aliphatic hydroxyl groups is 1. The van der Waals surface area contributed by atoms with Gasteiger partial charge in [0.1, 0.15) is 5.60 Å². The second-order valence-corrected chi connectivity index (χ2v) is 8.25. The molecule has 1 aliphatic heterocycles. The summed E-state index contributed by atoms with van der Waals surface area (Å²) in [6.07, 6.45) is 2.77. The zero-order valence-electron chi connectivity index (χ0n) is 16.9. The molecule has 0 spiro atoms. The van der Waals surface area contributed by atoms with Gasteiger partial charge in [0.2, 0.25) is 0 Å². The molecule has 2 fully saturated rings. The van der Waals surface area contributed by atoms with Gasteiger partial charge in [0.05, 0.1) is 17.4 Å². The molecule has 0 bridgehead atoms. The van der Waals surface area contributed by atoms with E-state index in [1.54, 1.807) is 16.1 Å². The molecule has 1 saturated carbocycles. The number of piperazine rings is 1. The number of aryl methyl sites for hydroxylation is 1. The van der Waals surface area contributed by atoms with Gasteiger partial charge in [-0.1, -0.05) is 24.3 Å². The van der Waals surface area contributed by atoms with Crippen molar-refractivity contribution in [3.05, 3.63) is 53.9 Å². The monoisotopic (exact) mass is 404 g/mol. The van der Waals surface area contributed by atoms with Crippen molar-refractivity contribution in [1.82, 2.24) is 19.8 Å². The van der Waals surface area contributed by atoms with Crippen LogP contribution in [0.25, 0.3) is 22.2 Å². The summed E-state index contributed by atoms with van der Waals surface area (Å²) in [5, 5.41) is 10.0. The number of aromatic nitrogens is 2. The first-order chi connectivity index (χ1) is 14.5. The van der Waals surface area contributed by atoms with Crippen molar-refractivity contribution in [1.29, 1.82) is 0 Å². The van der Waals surface area contributed by atoms with Gasteiger partial charge in [0.25, 0.3) is 11.8 Å². The molecular formula is C23H24N4O3. The minimum absolute atomic E-state index is 0.0192. The summed E-state index contributed by atoms with van der Waals surface area (Å²) >= 11 is 0. The van der Waals surface area contributed by atoms with Gasteiger partial charge in [0.15, 0.2) is 0 Å². The number of carbonyl (C=O) groups excluding carboxylic acids is 2. The van der Waals surface area contributed by atoms with E-state index >= 15 is 0 Å². The highest BCUT2D eigenvalue weighted by Gasteiger charge is 2.50. The first-order valence-electron chi connectivity index (χ1n) is 10.3. The second kappa shape index (κ2) is 6.95. The van der Waals surface area contributed by atoms with E-state index in [9.17, 15) is 14.7 Å². The molecule has 3 aromatic rings. The van der Waals surface area contributed by atoms with Crippen molar-refractivity contribution >= 4 is 22.8 Å². The molecule has 1 saturated heterocycles. The summed E-state index contributed by atoms with van der Waals surface area (Å²) in [7, 11) is 0. The van der Waals surface area contributed by atoms with Gasteiger partial charge in [-0.25, -0.2) is 4.98 Å². The Bertz CT molecular complexity index is 1140. The molecule has 1 aromatic heterocycles. The Morgan fingerprint density at radius 1 is 1.07 bits per heavy atom. The van der Waals surface area contributed by atoms with Crippen LogP contribution in [-0.2, 0) is 4.79 Å². The Balaban J connectivity index is 1.32. The highest BCUT2D eigenvalue weighted by molar-refractivity contribution is 5.98. The van der Waals surface area contributed by atoms with E-state index < -0.39 is 5.60 Å². The van der Waals surface area contributed by atoms with Crippen LogP contribution in [0.5, 0.6) is 0 Å². The fraction of sp³-hybridized carbons (Fsp3) is 0.348. The van der Waals surface area contributed by atoms with E-state index in [0.717, 1.165) is 27.7 Å². The molecule has 2 heterocycles. The van der Waals surface area contributed by atoms with Crippen molar-refractivity contribution in [2.45, 2.75) is 25.4 Å². The molecular weight excluding hydrogens is 380 g/mol. The standard InChI is InChI=1S/C23H24N4O3/c1-15-13-16(18-3-2-4-19-20(18)25-14-24-19)5-6-17(15)21(28)26-9-11-27(12-10-26)22(29)23(30)7-8-23/h2-6,13-14,30H,7-12H2,1H3,(H,24,25). The average Bonchev–Trinajstić information content (AvgIpc) is 3.33. The van der Waals surface area contributed by atoms with Crippen LogP contribution in [0.1, 0.15) is 28.8 Å². The predicted octanol–water partition coefficient (Wildman–Crippen LogP) is 2.35. The smallest absolute Gasteiger partial charge is 0.254 e. The SMILES string of the molecule is Cc1cc(-c2cccc3[nH]cnc23)ccc1C(=O)N1CCN(C(=O)C2(O)CC2)CC1. The van der Waals surface area contributed by atoms with Crippen LogP contribution in [0.2, 0.25) is 0 Å². The Labute approximate surface area is 174 Å². The summed E-state index contributed by atoms with van der Waals surface area (Å²) in [6.45, 7) is 3.84. The zero-order valence-corrected chi connectivity index (χ0v) is 16.9. The fourth-order valence-electron chi connectivity index (χ4n) is 4.18. The number of para-hydroxylation sites is 1. The molecule has 7 heteroatoms. The third-order valence-electron chi connectivity index (χ3n) is 6.19. The first kappa shape index (κ1) is 18.8. The lowest BCUT2D eigenvalue weighted by Crippen LogP contribution is -2.53. The molecule has 2 aliphatic rings. The van der Waals surface area contributed by atoms with Gasteiger partial charge >= 0.3 is 0 Å². The molecule has 7 nitrogen and oxygen atoms in total. The molecule has 2 aromatic carbocycles. The minimum atomic E-state index is -1.14. The maximum atomic E-state index is 13.1. The number of hydrogen-bond acceptors (Lipinski definition) is 4. The number of nitrogens with zero attached hydrogens (tertiary/aromatic N) is 3. The van der Waals surface area contributed by atoms with Crippen LogP contribution in [0.3, 0.4) is 0 Å². The number of aromatic amines is 1. The molecule has 0 atom stereocenters. The second-order valence-electron chi connectivity index (χ2n) is 8.25. The first-order valence-corrected chi connectivity index (χ1v) is 10.3. The van der Waals surface area contributed by atoms with Gasteiger partial charge in [-0.05, 0) is 43.0 Å². The maximum Gasteiger partial charge on any atom is 0.254 e. The number of benzene rings is 2. The normalized spacial score (nSPS) is 17.9.